The van der Waals surface area contributed by atoms with Gasteiger partial charge in [-0.3, -0.25) is 0 Å². The lowest BCUT2D eigenvalue weighted by atomic mass is 10.1. The van der Waals surface area contributed by atoms with Gasteiger partial charge in [-0.05, 0) is 53.5 Å². The van der Waals surface area contributed by atoms with Crippen LogP contribution in [0.2, 0.25) is 0 Å². The van der Waals surface area contributed by atoms with E-state index < -0.39 is 0 Å². The van der Waals surface area contributed by atoms with Crippen molar-refractivity contribution in [1.29, 1.82) is 0 Å². The maximum absolute atomic E-state index is 3.84. The number of benzene rings is 1. The molecule has 0 fully saturated rings. The fraction of sp³-hybridized carbons (Fsp3) is 0.500. The number of nitrogens with zero attached hydrogens (tertiary/aromatic N) is 1. The summed E-state index contributed by atoms with van der Waals surface area (Å²) in [5.41, 5.74) is 2.56. The van der Waals surface area contributed by atoms with E-state index in [1.54, 1.807) is 0 Å². The van der Waals surface area contributed by atoms with Gasteiger partial charge in [0.2, 0.25) is 0 Å². The van der Waals surface area contributed by atoms with Crippen molar-refractivity contribution in [3.8, 4) is 0 Å². The number of hydrogen-bond donors (Lipinski definition) is 1. The lowest BCUT2D eigenvalue weighted by Crippen LogP contribution is -2.24. The van der Waals surface area contributed by atoms with E-state index in [2.05, 4.69) is 71.7 Å². The third kappa shape index (κ3) is 4.66. The summed E-state index contributed by atoms with van der Waals surface area (Å²) in [5, 5.41) is 3.44. The molecule has 1 atom stereocenters. The third-order valence-electron chi connectivity index (χ3n) is 3.17. The van der Waals surface area contributed by atoms with Gasteiger partial charge in [0.1, 0.15) is 0 Å². The van der Waals surface area contributed by atoms with Crippen molar-refractivity contribution in [3.63, 3.8) is 0 Å². The first-order valence-corrected chi connectivity index (χ1v) is 7.82. The van der Waals surface area contributed by atoms with Gasteiger partial charge in [-0.25, -0.2) is 0 Å². The van der Waals surface area contributed by atoms with Gasteiger partial charge in [-0.1, -0.05) is 26.0 Å². The van der Waals surface area contributed by atoms with Crippen LogP contribution in [-0.4, -0.2) is 19.6 Å². The number of anilines is 1. The molecule has 0 aliphatic heterocycles. The van der Waals surface area contributed by atoms with Crippen molar-refractivity contribution in [1.82, 2.24) is 5.32 Å². The zero-order valence-electron chi connectivity index (χ0n) is 12.2. The topological polar surface area (TPSA) is 15.3 Å². The molecule has 0 aromatic heterocycles. The molecule has 0 saturated heterocycles. The Bertz CT molecular complexity index is 404. The highest BCUT2D eigenvalue weighted by Gasteiger charge is 2.11. The molecule has 0 saturated carbocycles. The summed E-state index contributed by atoms with van der Waals surface area (Å²) < 4.78 is 1.16. The summed E-state index contributed by atoms with van der Waals surface area (Å²) in [6.07, 6.45) is 3.09. The molecule has 0 aliphatic rings. The monoisotopic (exact) mass is 324 g/mol. The average Bonchev–Trinajstić information content (AvgIpc) is 2.39. The van der Waals surface area contributed by atoms with E-state index >= 15 is 0 Å². The molecule has 1 unspecified atom stereocenters. The minimum absolute atomic E-state index is 0.384. The Morgan fingerprint density at radius 3 is 2.68 bits per heavy atom. The summed E-state index contributed by atoms with van der Waals surface area (Å²) in [5.74, 6) is 0. The number of rotatable bonds is 8. The molecule has 19 heavy (non-hydrogen) atoms. The molecule has 1 rings (SSSR count). The van der Waals surface area contributed by atoms with Gasteiger partial charge in [-0.2, -0.15) is 0 Å². The highest BCUT2D eigenvalue weighted by molar-refractivity contribution is 9.10. The average molecular weight is 325 g/mol. The molecule has 0 bridgehead atoms. The van der Waals surface area contributed by atoms with Crippen LogP contribution in [-0.2, 0) is 0 Å². The lowest BCUT2D eigenvalue weighted by Gasteiger charge is -2.25. The smallest absolute Gasteiger partial charge is 0.0513 e. The Morgan fingerprint density at radius 2 is 2.16 bits per heavy atom. The second-order valence-corrected chi connectivity index (χ2v) is 5.58. The first kappa shape index (κ1) is 16.3. The first-order valence-electron chi connectivity index (χ1n) is 7.02. The van der Waals surface area contributed by atoms with E-state index in [9.17, 15) is 0 Å². The molecule has 2 nitrogen and oxygen atoms in total. The molecule has 0 spiro atoms. The molecular weight excluding hydrogens is 300 g/mol. The number of hydrogen-bond acceptors (Lipinski definition) is 2. The predicted molar refractivity (Wildman–Crippen MR) is 88.9 cm³/mol. The fourth-order valence-electron chi connectivity index (χ4n) is 2.21. The van der Waals surface area contributed by atoms with Crippen LogP contribution in [0.15, 0.2) is 35.3 Å². The van der Waals surface area contributed by atoms with E-state index in [0.717, 1.165) is 30.5 Å². The molecule has 106 valence electrons. The van der Waals surface area contributed by atoms with Crippen molar-refractivity contribution in [3.05, 3.63) is 40.9 Å². The minimum Gasteiger partial charge on any atom is -0.367 e. The Kier molecular flexibility index (Phi) is 7.17. The van der Waals surface area contributed by atoms with E-state index in [0.29, 0.717) is 6.04 Å². The molecule has 1 aromatic carbocycles. The van der Waals surface area contributed by atoms with Crippen LogP contribution < -0.4 is 10.2 Å². The molecule has 3 heteroatoms. The lowest BCUT2D eigenvalue weighted by molar-refractivity contribution is 0.598. The molecular formula is C16H25BrN2. The highest BCUT2D eigenvalue weighted by atomic mass is 79.9. The normalized spacial score (nSPS) is 12.2. The van der Waals surface area contributed by atoms with Gasteiger partial charge >= 0.3 is 0 Å². The van der Waals surface area contributed by atoms with E-state index in [1.165, 1.54) is 11.3 Å². The van der Waals surface area contributed by atoms with Gasteiger partial charge in [0, 0.05) is 23.6 Å². The van der Waals surface area contributed by atoms with Crippen LogP contribution in [0.5, 0.6) is 0 Å². The second kappa shape index (κ2) is 8.39. The van der Waals surface area contributed by atoms with Gasteiger partial charge in [0.05, 0.1) is 5.69 Å². The van der Waals surface area contributed by atoms with E-state index in [-0.39, 0.29) is 0 Å². The summed E-state index contributed by atoms with van der Waals surface area (Å²) in [6, 6.07) is 7.01. The number of halogens is 1. The fourth-order valence-corrected chi connectivity index (χ4v) is 2.86. The molecule has 0 radical (unpaired) electrons. The Balaban J connectivity index is 2.94. The van der Waals surface area contributed by atoms with Gasteiger partial charge < -0.3 is 10.2 Å². The minimum atomic E-state index is 0.384. The van der Waals surface area contributed by atoms with Crippen molar-refractivity contribution in [2.45, 2.75) is 33.2 Å². The van der Waals surface area contributed by atoms with E-state index in [4.69, 9.17) is 0 Å². The van der Waals surface area contributed by atoms with E-state index in [1.807, 2.05) is 6.08 Å². The van der Waals surface area contributed by atoms with Gasteiger partial charge in [0.25, 0.3) is 0 Å². The van der Waals surface area contributed by atoms with Crippen LogP contribution in [0.4, 0.5) is 5.69 Å². The summed E-state index contributed by atoms with van der Waals surface area (Å²) >= 11 is 3.70. The maximum atomic E-state index is 3.84. The highest BCUT2D eigenvalue weighted by Crippen LogP contribution is 2.29. The van der Waals surface area contributed by atoms with Gasteiger partial charge in [0.15, 0.2) is 0 Å². The molecule has 1 N–H and O–H groups in total. The zero-order chi connectivity index (χ0) is 14.3. The zero-order valence-corrected chi connectivity index (χ0v) is 13.8. The first-order chi connectivity index (χ1) is 9.13. The molecule has 0 heterocycles. The standard InChI is InChI=1S/C16H25BrN2/c1-5-10-19(11-6-2)16-9-8-14(12-15(16)17)13(4)18-7-3/h5,8-9,12-13,18H,1,6-7,10-11H2,2-4H3. The Morgan fingerprint density at radius 1 is 1.42 bits per heavy atom. The van der Waals surface area contributed by atoms with Gasteiger partial charge in [-0.15, -0.1) is 6.58 Å². The molecule has 1 aromatic rings. The second-order valence-electron chi connectivity index (χ2n) is 4.72. The molecule has 0 aliphatic carbocycles. The summed E-state index contributed by atoms with van der Waals surface area (Å²) in [4.78, 5) is 2.35. The van der Waals surface area contributed by atoms with Crippen molar-refractivity contribution < 1.29 is 0 Å². The SMILES string of the molecule is C=CCN(CCC)c1ccc(C(C)NCC)cc1Br. The number of nitrogens with one attached hydrogen (secondary N) is 1. The maximum Gasteiger partial charge on any atom is 0.0513 e. The molecule has 0 amide bonds. The quantitative estimate of drug-likeness (QED) is 0.707. The Hall–Kier alpha value is -0.800. The van der Waals surface area contributed by atoms with Crippen molar-refractivity contribution >= 4 is 21.6 Å². The van der Waals surface area contributed by atoms with Crippen molar-refractivity contribution in [2.75, 3.05) is 24.5 Å². The predicted octanol–water partition coefficient (Wildman–Crippen LogP) is 4.52. The third-order valence-corrected chi connectivity index (χ3v) is 3.80. The van der Waals surface area contributed by atoms with Crippen LogP contribution >= 0.6 is 15.9 Å². The van der Waals surface area contributed by atoms with Crippen molar-refractivity contribution in [2.24, 2.45) is 0 Å². The summed E-state index contributed by atoms with van der Waals surface area (Å²) in [7, 11) is 0. The van der Waals surface area contributed by atoms with Crippen LogP contribution in [0.1, 0.15) is 38.8 Å². The Labute approximate surface area is 126 Å². The van der Waals surface area contributed by atoms with Crippen LogP contribution in [0.25, 0.3) is 0 Å². The van der Waals surface area contributed by atoms with Crippen LogP contribution in [0, 0.1) is 0 Å². The van der Waals surface area contributed by atoms with Crippen LogP contribution in [0.3, 0.4) is 0 Å². The largest absolute Gasteiger partial charge is 0.367 e. The summed E-state index contributed by atoms with van der Waals surface area (Å²) in [6.45, 7) is 13.3.